The van der Waals surface area contributed by atoms with Gasteiger partial charge in [0.2, 0.25) is 5.91 Å². The molecule has 0 aromatic carbocycles. The molecule has 0 heterocycles. The summed E-state index contributed by atoms with van der Waals surface area (Å²) < 4.78 is 0. The third-order valence-corrected chi connectivity index (χ3v) is 7.67. The zero-order valence-corrected chi connectivity index (χ0v) is 15.7. The molecule has 0 aliphatic heterocycles. The van der Waals surface area contributed by atoms with E-state index < -0.39 is 0 Å². The molecule has 4 rings (SSSR count). The van der Waals surface area contributed by atoms with Crippen LogP contribution in [0.4, 0.5) is 0 Å². The first-order chi connectivity index (χ1) is 11.2. The lowest BCUT2D eigenvalue weighted by atomic mass is 9.64. The Morgan fingerprint density at radius 3 is 2.08 bits per heavy atom. The summed E-state index contributed by atoms with van der Waals surface area (Å²) in [5.41, 5.74) is 6.37. The van der Waals surface area contributed by atoms with E-state index in [9.17, 15) is 4.79 Å². The second-order valence-corrected chi connectivity index (χ2v) is 9.02. The van der Waals surface area contributed by atoms with Gasteiger partial charge in [0.25, 0.3) is 0 Å². The third kappa shape index (κ3) is 3.77. The highest BCUT2D eigenvalue weighted by Gasteiger charge is 2.41. The standard InChI is InChI=1S/C20H34N2O.ClH/c21-19-15-6-3-7-16(19)11-17(10-15)20(23)22-18-9-8-13-4-1-2-5-14(13)12-18;/h13-19H,1-12,21H2,(H,22,23);1H. The van der Waals surface area contributed by atoms with Crippen molar-refractivity contribution in [2.75, 3.05) is 0 Å². The minimum Gasteiger partial charge on any atom is -0.353 e. The van der Waals surface area contributed by atoms with Crippen LogP contribution >= 0.6 is 12.4 Å². The van der Waals surface area contributed by atoms with E-state index in [2.05, 4.69) is 5.32 Å². The second kappa shape index (κ2) is 7.95. The van der Waals surface area contributed by atoms with E-state index in [1.165, 1.54) is 64.2 Å². The van der Waals surface area contributed by atoms with Crippen LogP contribution in [0.2, 0.25) is 0 Å². The molecule has 0 aromatic rings. The number of carbonyl (C=O) groups excluding carboxylic acids is 1. The lowest BCUT2D eigenvalue weighted by Crippen LogP contribution is -2.51. The molecule has 24 heavy (non-hydrogen) atoms. The number of carbonyl (C=O) groups is 1. The van der Waals surface area contributed by atoms with Crippen molar-refractivity contribution in [2.45, 2.75) is 89.1 Å². The Labute approximate surface area is 153 Å². The van der Waals surface area contributed by atoms with Gasteiger partial charge in [-0.3, -0.25) is 4.79 Å². The predicted molar refractivity (Wildman–Crippen MR) is 100 cm³/mol. The molecule has 4 saturated carbocycles. The number of nitrogens with one attached hydrogen (secondary N) is 1. The highest BCUT2D eigenvalue weighted by atomic mass is 35.5. The summed E-state index contributed by atoms with van der Waals surface area (Å²) in [6, 6.07) is 0.822. The van der Waals surface area contributed by atoms with Crippen molar-refractivity contribution in [3.8, 4) is 0 Å². The number of hydrogen-bond donors (Lipinski definition) is 2. The van der Waals surface area contributed by atoms with Crippen LogP contribution in [-0.4, -0.2) is 18.0 Å². The molecule has 4 heteroatoms. The maximum absolute atomic E-state index is 12.8. The van der Waals surface area contributed by atoms with E-state index in [4.69, 9.17) is 5.73 Å². The monoisotopic (exact) mass is 354 g/mol. The van der Waals surface area contributed by atoms with Crippen LogP contribution in [0.1, 0.15) is 77.0 Å². The fourth-order valence-corrected chi connectivity index (χ4v) is 6.33. The lowest BCUT2D eigenvalue weighted by Gasteiger charge is -2.44. The van der Waals surface area contributed by atoms with Gasteiger partial charge in [-0.2, -0.15) is 0 Å². The first-order valence-electron chi connectivity index (χ1n) is 10.3. The Bertz CT molecular complexity index is 429. The summed E-state index contributed by atoms with van der Waals surface area (Å²) in [5, 5.41) is 3.45. The molecular formula is C20H35ClN2O. The number of hydrogen-bond acceptors (Lipinski definition) is 2. The van der Waals surface area contributed by atoms with Gasteiger partial charge in [-0.05, 0) is 68.6 Å². The van der Waals surface area contributed by atoms with Gasteiger partial charge in [-0.25, -0.2) is 0 Å². The van der Waals surface area contributed by atoms with Crippen LogP contribution in [0.5, 0.6) is 0 Å². The number of fused-ring (bicyclic) bond motifs is 3. The van der Waals surface area contributed by atoms with Gasteiger partial charge in [-0.15, -0.1) is 12.4 Å². The SMILES string of the molecule is Cl.NC1C2CCCC1CC(C(=O)NC1CCC3CCCCC3C1)C2. The molecule has 3 N–H and O–H groups in total. The van der Waals surface area contributed by atoms with Gasteiger partial charge in [0.05, 0.1) is 0 Å². The molecule has 1 amide bonds. The fourth-order valence-electron chi connectivity index (χ4n) is 6.33. The molecule has 4 fully saturated rings. The molecule has 3 nitrogen and oxygen atoms in total. The molecule has 138 valence electrons. The zero-order chi connectivity index (χ0) is 15.8. The Kier molecular flexibility index (Phi) is 6.13. The van der Waals surface area contributed by atoms with Crippen molar-refractivity contribution in [1.82, 2.24) is 5.32 Å². The molecule has 4 aliphatic rings. The second-order valence-electron chi connectivity index (χ2n) is 9.02. The van der Waals surface area contributed by atoms with Crippen molar-refractivity contribution >= 4 is 18.3 Å². The van der Waals surface area contributed by atoms with E-state index in [1.807, 2.05) is 0 Å². The summed E-state index contributed by atoms with van der Waals surface area (Å²) >= 11 is 0. The quantitative estimate of drug-likeness (QED) is 0.786. The van der Waals surface area contributed by atoms with Crippen LogP contribution in [0.3, 0.4) is 0 Å². The van der Waals surface area contributed by atoms with Gasteiger partial charge in [0.1, 0.15) is 0 Å². The molecule has 0 aromatic heterocycles. The summed E-state index contributed by atoms with van der Waals surface area (Å²) in [4.78, 5) is 12.8. The molecular weight excluding hydrogens is 320 g/mol. The van der Waals surface area contributed by atoms with Gasteiger partial charge in [-0.1, -0.05) is 32.1 Å². The number of nitrogens with two attached hydrogens (primary N) is 1. The van der Waals surface area contributed by atoms with Crippen LogP contribution in [0.15, 0.2) is 0 Å². The van der Waals surface area contributed by atoms with Crippen molar-refractivity contribution in [3.63, 3.8) is 0 Å². The van der Waals surface area contributed by atoms with E-state index in [0.29, 0.717) is 29.8 Å². The Morgan fingerprint density at radius 2 is 1.38 bits per heavy atom. The number of amides is 1. The first kappa shape index (κ1) is 18.5. The summed E-state index contributed by atoms with van der Waals surface area (Å²) in [6.45, 7) is 0. The highest BCUT2D eigenvalue weighted by molar-refractivity contribution is 5.85. The van der Waals surface area contributed by atoms with Gasteiger partial charge in [0.15, 0.2) is 0 Å². The Morgan fingerprint density at radius 1 is 0.750 bits per heavy atom. The van der Waals surface area contributed by atoms with Crippen molar-refractivity contribution in [1.29, 1.82) is 0 Å². The van der Waals surface area contributed by atoms with E-state index in [1.54, 1.807) is 0 Å². The maximum atomic E-state index is 12.8. The molecule has 4 aliphatic carbocycles. The van der Waals surface area contributed by atoms with Crippen molar-refractivity contribution in [2.24, 2.45) is 35.3 Å². The molecule has 0 radical (unpaired) electrons. The molecule has 0 saturated heterocycles. The predicted octanol–water partition coefficient (Wildman–Crippen LogP) is 4.04. The molecule has 5 unspecified atom stereocenters. The lowest BCUT2D eigenvalue weighted by molar-refractivity contribution is -0.129. The summed E-state index contributed by atoms with van der Waals surface area (Å²) in [6.07, 6.45) is 15.4. The minimum absolute atomic E-state index is 0. The summed E-state index contributed by atoms with van der Waals surface area (Å²) in [5.74, 6) is 3.66. The van der Waals surface area contributed by atoms with Crippen LogP contribution < -0.4 is 11.1 Å². The van der Waals surface area contributed by atoms with Crippen molar-refractivity contribution in [3.05, 3.63) is 0 Å². The van der Waals surface area contributed by atoms with E-state index >= 15 is 0 Å². The van der Waals surface area contributed by atoms with E-state index in [-0.39, 0.29) is 18.3 Å². The van der Waals surface area contributed by atoms with Crippen LogP contribution in [0, 0.1) is 29.6 Å². The zero-order valence-electron chi connectivity index (χ0n) is 14.9. The van der Waals surface area contributed by atoms with Gasteiger partial charge in [0, 0.05) is 18.0 Å². The average Bonchev–Trinajstić information content (AvgIpc) is 2.54. The maximum Gasteiger partial charge on any atom is 0.223 e. The highest BCUT2D eigenvalue weighted by Crippen LogP contribution is 2.43. The third-order valence-electron chi connectivity index (χ3n) is 7.67. The van der Waals surface area contributed by atoms with Crippen LogP contribution in [-0.2, 0) is 4.79 Å². The fraction of sp³-hybridized carbons (Fsp3) is 0.950. The molecule has 0 spiro atoms. The molecule has 2 bridgehead atoms. The van der Waals surface area contributed by atoms with Gasteiger partial charge < -0.3 is 11.1 Å². The molecule has 5 atom stereocenters. The largest absolute Gasteiger partial charge is 0.353 e. The Hall–Kier alpha value is -0.280. The minimum atomic E-state index is 0. The topological polar surface area (TPSA) is 55.1 Å². The normalized spacial score (nSPS) is 44.8. The van der Waals surface area contributed by atoms with Crippen molar-refractivity contribution < 1.29 is 4.79 Å². The first-order valence-corrected chi connectivity index (χ1v) is 10.3. The summed E-state index contributed by atoms with van der Waals surface area (Å²) in [7, 11) is 0. The number of rotatable bonds is 2. The average molecular weight is 355 g/mol. The van der Waals surface area contributed by atoms with Crippen LogP contribution in [0.25, 0.3) is 0 Å². The van der Waals surface area contributed by atoms with Gasteiger partial charge >= 0.3 is 0 Å². The smallest absolute Gasteiger partial charge is 0.223 e. The Balaban J connectivity index is 0.00000169. The van der Waals surface area contributed by atoms with E-state index in [0.717, 1.165) is 24.7 Å². The number of halogens is 1.